The van der Waals surface area contributed by atoms with Gasteiger partial charge in [0, 0.05) is 6.08 Å². The van der Waals surface area contributed by atoms with Gasteiger partial charge in [-0.05, 0) is 31.6 Å². The van der Waals surface area contributed by atoms with Crippen molar-refractivity contribution >= 4 is 18.0 Å². The van der Waals surface area contributed by atoms with Crippen LogP contribution in [0, 0.1) is 6.92 Å². The van der Waals surface area contributed by atoms with Gasteiger partial charge in [-0.1, -0.05) is 6.08 Å². The molecule has 0 saturated heterocycles. The van der Waals surface area contributed by atoms with Crippen LogP contribution in [-0.2, 0) is 9.59 Å². The average Bonchev–Trinajstić information content (AvgIpc) is 2.72. The third kappa shape index (κ3) is 4.29. The van der Waals surface area contributed by atoms with E-state index in [4.69, 9.17) is 9.52 Å². The van der Waals surface area contributed by atoms with Gasteiger partial charge in [-0.3, -0.25) is 4.79 Å². The molecule has 1 amide bonds. The van der Waals surface area contributed by atoms with Crippen molar-refractivity contribution in [2.45, 2.75) is 19.4 Å². The second-order valence-corrected chi connectivity index (χ2v) is 3.71. The van der Waals surface area contributed by atoms with E-state index < -0.39 is 17.9 Å². The number of aliphatic carboxylic acids is 1. The van der Waals surface area contributed by atoms with E-state index in [0.717, 1.165) is 5.76 Å². The van der Waals surface area contributed by atoms with Crippen molar-refractivity contribution in [1.82, 2.24) is 5.32 Å². The first-order valence-corrected chi connectivity index (χ1v) is 5.41. The van der Waals surface area contributed by atoms with E-state index in [-0.39, 0.29) is 6.42 Å². The number of carbonyl (C=O) groups is 2. The molecule has 0 bridgehead atoms. The second kappa shape index (κ2) is 6.44. The monoisotopic (exact) mass is 249 g/mol. The number of carbonyl (C=O) groups excluding carboxylic acids is 1. The highest BCUT2D eigenvalue weighted by Crippen LogP contribution is 2.07. The molecule has 0 aliphatic rings. The minimum atomic E-state index is -1.09. The quantitative estimate of drug-likeness (QED) is 0.594. The van der Waals surface area contributed by atoms with Crippen LogP contribution >= 0.6 is 0 Å². The van der Waals surface area contributed by atoms with E-state index in [1.807, 2.05) is 0 Å². The molecule has 1 rings (SSSR count). The summed E-state index contributed by atoms with van der Waals surface area (Å²) in [4.78, 5) is 22.3. The maximum Gasteiger partial charge on any atom is 0.326 e. The van der Waals surface area contributed by atoms with Gasteiger partial charge in [-0.15, -0.1) is 6.58 Å². The van der Waals surface area contributed by atoms with Gasteiger partial charge >= 0.3 is 5.97 Å². The molecule has 0 radical (unpaired) electrons. The Labute approximate surface area is 105 Å². The Morgan fingerprint density at radius 1 is 1.56 bits per heavy atom. The fourth-order valence-electron chi connectivity index (χ4n) is 1.31. The Kier molecular flexibility index (Phi) is 4.92. The van der Waals surface area contributed by atoms with Gasteiger partial charge in [0.25, 0.3) is 0 Å². The molecule has 2 N–H and O–H groups in total. The normalized spacial score (nSPS) is 12.3. The minimum absolute atomic E-state index is 0.175. The molecule has 0 aliphatic carbocycles. The van der Waals surface area contributed by atoms with Gasteiger partial charge < -0.3 is 14.8 Å². The molecule has 96 valence electrons. The van der Waals surface area contributed by atoms with Crippen molar-refractivity contribution in [2.24, 2.45) is 0 Å². The van der Waals surface area contributed by atoms with Crippen molar-refractivity contribution in [3.8, 4) is 0 Å². The zero-order chi connectivity index (χ0) is 13.5. The van der Waals surface area contributed by atoms with Crippen LogP contribution in [0.3, 0.4) is 0 Å². The predicted octanol–water partition coefficient (Wildman–Crippen LogP) is 1.75. The summed E-state index contributed by atoms with van der Waals surface area (Å²) in [6.07, 6.45) is 4.33. The lowest BCUT2D eigenvalue weighted by Gasteiger charge is -2.10. The average molecular weight is 249 g/mol. The molecule has 18 heavy (non-hydrogen) atoms. The highest BCUT2D eigenvalue weighted by molar-refractivity contribution is 5.94. The number of carboxylic acids is 1. The number of amides is 1. The first kappa shape index (κ1) is 13.8. The fourth-order valence-corrected chi connectivity index (χ4v) is 1.31. The number of hydrogen-bond acceptors (Lipinski definition) is 3. The SMILES string of the molecule is C=CCC(NC(=O)/C=C/c1ccc(C)o1)C(=O)O. The molecule has 0 aromatic carbocycles. The van der Waals surface area contributed by atoms with E-state index in [2.05, 4.69) is 11.9 Å². The van der Waals surface area contributed by atoms with Crippen molar-refractivity contribution < 1.29 is 19.1 Å². The summed E-state index contributed by atoms with van der Waals surface area (Å²) in [7, 11) is 0. The van der Waals surface area contributed by atoms with E-state index in [0.29, 0.717) is 5.76 Å². The second-order valence-electron chi connectivity index (χ2n) is 3.71. The summed E-state index contributed by atoms with van der Waals surface area (Å²) in [5, 5.41) is 11.2. The van der Waals surface area contributed by atoms with Gasteiger partial charge in [-0.25, -0.2) is 4.79 Å². The van der Waals surface area contributed by atoms with Crippen LogP contribution in [0.4, 0.5) is 0 Å². The van der Waals surface area contributed by atoms with Crippen LogP contribution < -0.4 is 5.32 Å². The van der Waals surface area contributed by atoms with Crippen molar-refractivity contribution in [2.75, 3.05) is 0 Å². The number of aryl methyl sites for hydroxylation is 1. The Morgan fingerprint density at radius 2 is 2.28 bits per heavy atom. The lowest BCUT2D eigenvalue weighted by molar-refractivity contribution is -0.141. The highest BCUT2D eigenvalue weighted by atomic mass is 16.4. The first-order chi connectivity index (χ1) is 8.52. The third-order valence-electron chi connectivity index (χ3n) is 2.18. The Hall–Kier alpha value is -2.30. The van der Waals surface area contributed by atoms with Crippen LogP contribution in [-0.4, -0.2) is 23.0 Å². The van der Waals surface area contributed by atoms with Gasteiger partial charge in [0.1, 0.15) is 17.6 Å². The summed E-state index contributed by atoms with van der Waals surface area (Å²) in [6, 6.07) is 2.53. The molecule has 1 atom stereocenters. The van der Waals surface area contributed by atoms with Gasteiger partial charge in [0.05, 0.1) is 0 Å². The number of rotatable bonds is 6. The molecule has 0 fully saturated rings. The highest BCUT2D eigenvalue weighted by Gasteiger charge is 2.16. The van der Waals surface area contributed by atoms with Gasteiger partial charge in [0.2, 0.25) is 5.91 Å². The number of nitrogens with one attached hydrogen (secondary N) is 1. The summed E-state index contributed by atoms with van der Waals surface area (Å²) < 4.78 is 5.23. The molecular formula is C13H15NO4. The van der Waals surface area contributed by atoms with Crippen LogP contribution in [0.1, 0.15) is 17.9 Å². The zero-order valence-electron chi connectivity index (χ0n) is 10.1. The third-order valence-corrected chi connectivity index (χ3v) is 2.18. The molecule has 1 heterocycles. The molecule has 0 spiro atoms. The Bertz CT molecular complexity index is 473. The topological polar surface area (TPSA) is 79.5 Å². The largest absolute Gasteiger partial charge is 0.480 e. The minimum Gasteiger partial charge on any atom is -0.480 e. The van der Waals surface area contributed by atoms with Crippen molar-refractivity contribution in [1.29, 1.82) is 0 Å². The van der Waals surface area contributed by atoms with Crippen LogP contribution in [0.25, 0.3) is 6.08 Å². The maximum absolute atomic E-state index is 11.5. The molecule has 1 aromatic rings. The predicted molar refractivity (Wildman–Crippen MR) is 66.9 cm³/mol. The van der Waals surface area contributed by atoms with Crippen LogP contribution in [0.2, 0.25) is 0 Å². The van der Waals surface area contributed by atoms with Crippen LogP contribution in [0.15, 0.2) is 35.3 Å². The Balaban J connectivity index is 2.57. The summed E-state index contributed by atoms with van der Waals surface area (Å²) in [5.74, 6) is -0.299. The summed E-state index contributed by atoms with van der Waals surface area (Å²) in [5.41, 5.74) is 0. The first-order valence-electron chi connectivity index (χ1n) is 5.41. The molecular weight excluding hydrogens is 234 g/mol. The fraction of sp³-hybridized carbons (Fsp3) is 0.231. The van der Waals surface area contributed by atoms with Crippen LogP contribution in [0.5, 0.6) is 0 Å². The maximum atomic E-state index is 11.5. The number of hydrogen-bond donors (Lipinski definition) is 2. The lowest BCUT2D eigenvalue weighted by Crippen LogP contribution is -2.39. The number of carboxylic acid groups (broad SMARTS) is 1. The van der Waals surface area contributed by atoms with Gasteiger partial charge in [-0.2, -0.15) is 0 Å². The molecule has 1 aromatic heterocycles. The number of furan rings is 1. The Morgan fingerprint density at radius 3 is 2.78 bits per heavy atom. The smallest absolute Gasteiger partial charge is 0.326 e. The lowest BCUT2D eigenvalue weighted by atomic mass is 10.2. The van der Waals surface area contributed by atoms with E-state index >= 15 is 0 Å². The summed E-state index contributed by atoms with van der Waals surface area (Å²) in [6.45, 7) is 5.23. The van der Waals surface area contributed by atoms with E-state index in [1.165, 1.54) is 18.2 Å². The summed E-state index contributed by atoms with van der Waals surface area (Å²) >= 11 is 0. The van der Waals surface area contributed by atoms with Gasteiger partial charge in [0.15, 0.2) is 0 Å². The van der Waals surface area contributed by atoms with Crippen molar-refractivity contribution in [3.63, 3.8) is 0 Å². The molecule has 0 saturated carbocycles. The van der Waals surface area contributed by atoms with Crippen molar-refractivity contribution in [3.05, 3.63) is 42.4 Å². The van der Waals surface area contributed by atoms with E-state index in [1.54, 1.807) is 19.1 Å². The molecule has 5 nitrogen and oxygen atoms in total. The molecule has 0 aliphatic heterocycles. The molecule has 5 heteroatoms. The zero-order valence-corrected chi connectivity index (χ0v) is 10.1. The molecule has 1 unspecified atom stereocenters. The van der Waals surface area contributed by atoms with E-state index in [9.17, 15) is 9.59 Å². The standard InChI is InChI=1S/C13H15NO4/c1-3-4-11(13(16)17)14-12(15)8-7-10-6-5-9(2)18-10/h3,5-8,11H,1,4H2,2H3,(H,14,15)(H,16,17)/b8-7+.